The Labute approximate surface area is 156 Å². The van der Waals surface area contributed by atoms with Crippen molar-refractivity contribution in [2.45, 2.75) is 6.42 Å². The molecular formula is C17H10BrClN4O2. The highest BCUT2D eigenvalue weighted by molar-refractivity contribution is 9.10. The molecule has 2 aromatic carbocycles. The Morgan fingerprint density at radius 3 is 2.60 bits per heavy atom. The van der Waals surface area contributed by atoms with Gasteiger partial charge in [0.2, 0.25) is 23.5 Å². The summed E-state index contributed by atoms with van der Waals surface area (Å²) in [6.07, 6.45) is 0.265. The van der Waals surface area contributed by atoms with Crippen LogP contribution in [0.1, 0.15) is 11.8 Å². The van der Waals surface area contributed by atoms with Gasteiger partial charge in [-0.2, -0.15) is 4.98 Å². The van der Waals surface area contributed by atoms with Crippen molar-refractivity contribution in [1.82, 2.24) is 20.3 Å². The fourth-order valence-corrected chi connectivity index (χ4v) is 2.76. The van der Waals surface area contributed by atoms with Gasteiger partial charge < -0.3 is 8.94 Å². The molecule has 0 N–H and O–H groups in total. The maximum atomic E-state index is 5.88. The van der Waals surface area contributed by atoms with Crippen molar-refractivity contribution in [3.8, 4) is 22.8 Å². The maximum absolute atomic E-state index is 5.88. The smallest absolute Gasteiger partial charge is 0.247 e. The second-order valence-electron chi connectivity index (χ2n) is 5.21. The molecule has 0 bridgehead atoms. The number of rotatable bonds is 4. The molecule has 8 heteroatoms. The number of hydrogen-bond acceptors (Lipinski definition) is 6. The van der Waals surface area contributed by atoms with Crippen molar-refractivity contribution in [2.75, 3.05) is 0 Å². The third kappa shape index (κ3) is 3.62. The van der Waals surface area contributed by atoms with Crippen LogP contribution >= 0.6 is 27.5 Å². The van der Waals surface area contributed by atoms with E-state index in [4.69, 9.17) is 20.5 Å². The summed E-state index contributed by atoms with van der Waals surface area (Å²) in [6, 6.07) is 14.8. The Balaban J connectivity index is 1.52. The van der Waals surface area contributed by atoms with Crippen molar-refractivity contribution < 1.29 is 8.94 Å². The second kappa shape index (κ2) is 6.78. The average molecular weight is 418 g/mol. The van der Waals surface area contributed by atoms with E-state index in [-0.39, 0.29) is 6.42 Å². The summed E-state index contributed by atoms with van der Waals surface area (Å²) in [6.45, 7) is 0. The minimum absolute atomic E-state index is 0.265. The van der Waals surface area contributed by atoms with Gasteiger partial charge in [0.15, 0.2) is 0 Å². The van der Waals surface area contributed by atoms with Crippen LogP contribution in [-0.2, 0) is 6.42 Å². The highest BCUT2D eigenvalue weighted by atomic mass is 79.9. The first-order valence-corrected chi connectivity index (χ1v) is 8.51. The van der Waals surface area contributed by atoms with E-state index in [0.29, 0.717) is 28.5 Å². The summed E-state index contributed by atoms with van der Waals surface area (Å²) >= 11 is 9.30. The first kappa shape index (κ1) is 16.0. The quantitative estimate of drug-likeness (QED) is 0.475. The third-order valence-corrected chi connectivity index (χ3v) is 4.16. The van der Waals surface area contributed by atoms with Crippen LogP contribution in [0.25, 0.3) is 22.8 Å². The van der Waals surface area contributed by atoms with Crippen LogP contribution < -0.4 is 0 Å². The minimum atomic E-state index is 0.265. The lowest BCUT2D eigenvalue weighted by Gasteiger charge is -1.94. The van der Waals surface area contributed by atoms with E-state index in [1.54, 1.807) is 12.1 Å². The molecule has 0 radical (unpaired) electrons. The molecular weight excluding hydrogens is 408 g/mol. The lowest BCUT2D eigenvalue weighted by Crippen LogP contribution is -1.88. The van der Waals surface area contributed by atoms with Gasteiger partial charge in [-0.1, -0.05) is 38.8 Å². The third-order valence-electron chi connectivity index (χ3n) is 3.41. The predicted molar refractivity (Wildman–Crippen MR) is 95.0 cm³/mol. The summed E-state index contributed by atoms with van der Waals surface area (Å²) in [5.74, 6) is 1.72. The molecule has 0 spiro atoms. The Hall–Kier alpha value is -2.51. The summed E-state index contributed by atoms with van der Waals surface area (Å²) < 4.78 is 11.9. The average Bonchev–Trinajstić information content (AvgIpc) is 3.26. The molecule has 4 rings (SSSR count). The fourth-order valence-electron chi connectivity index (χ4n) is 2.24. The van der Waals surface area contributed by atoms with Crippen molar-refractivity contribution in [3.05, 3.63) is 69.8 Å². The van der Waals surface area contributed by atoms with Crippen LogP contribution in [0.2, 0.25) is 5.02 Å². The van der Waals surface area contributed by atoms with Gasteiger partial charge in [0, 0.05) is 20.6 Å². The van der Waals surface area contributed by atoms with Gasteiger partial charge in [-0.25, -0.2) is 0 Å². The molecule has 0 aliphatic rings. The molecule has 0 aliphatic heterocycles. The Morgan fingerprint density at radius 2 is 1.80 bits per heavy atom. The van der Waals surface area contributed by atoms with E-state index in [0.717, 1.165) is 15.6 Å². The Kier molecular flexibility index (Phi) is 4.33. The first-order valence-electron chi connectivity index (χ1n) is 7.34. The number of hydrogen-bond donors (Lipinski definition) is 0. The SMILES string of the molecule is Clc1ccc(-c2noc(Cc3nnc(-c4cccc(Br)c4)o3)n2)cc1. The van der Waals surface area contributed by atoms with Crippen molar-refractivity contribution in [1.29, 1.82) is 0 Å². The zero-order valence-electron chi connectivity index (χ0n) is 12.7. The topological polar surface area (TPSA) is 77.8 Å². The number of nitrogens with zero attached hydrogens (tertiary/aromatic N) is 4. The zero-order chi connectivity index (χ0) is 17.2. The van der Waals surface area contributed by atoms with Crippen LogP contribution in [0.15, 0.2) is 61.9 Å². The number of halogens is 2. The molecule has 2 aromatic heterocycles. The van der Waals surface area contributed by atoms with Gasteiger partial charge in [0.25, 0.3) is 0 Å². The van der Waals surface area contributed by atoms with E-state index in [1.165, 1.54) is 0 Å². The second-order valence-corrected chi connectivity index (χ2v) is 6.56. The summed E-state index contributed by atoms with van der Waals surface area (Å²) in [4.78, 5) is 4.35. The largest absolute Gasteiger partial charge is 0.420 e. The van der Waals surface area contributed by atoms with Crippen molar-refractivity contribution in [2.24, 2.45) is 0 Å². The molecule has 0 saturated heterocycles. The van der Waals surface area contributed by atoms with E-state index in [2.05, 4.69) is 36.3 Å². The van der Waals surface area contributed by atoms with Crippen LogP contribution in [0.4, 0.5) is 0 Å². The highest BCUT2D eigenvalue weighted by Crippen LogP contribution is 2.23. The van der Waals surface area contributed by atoms with Gasteiger partial charge in [0.05, 0.1) is 0 Å². The molecule has 4 aromatic rings. The van der Waals surface area contributed by atoms with Gasteiger partial charge >= 0.3 is 0 Å². The van der Waals surface area contributed by atoms with Crippen LogP contribution in [0, 0.1) is 0 Å². The molecule has 2 heterocycles. The lowest BCUT2D eigenvalue weighted by molar-refractivity contribution is 0.374. The summed E-state index contributed by atoms with van der Waals surface area (Å²) in [5, 5.41) is 12.7. The van der Waals surface area contributed by atoms with E-state index >= 15 is 0 Å². The van der Waals surface area contributed by atoms with E-state index in [1.807, 2.05) is 36.4 Å². The normalized spacial score (nSPS) is 11.0. The fraction of sp³-hybridized carbons (Fsp3) is 0.0588. The van der Waals surface area contributed by atoms with Crippen LogP contribution in [0.3, 0.4) is 0 Å². The summed E-state index contributed by atoms with van der Waals surface area (Å²) in [5.41, 5.74) is 1.65. The van der Waals surface area contributed by atoms with Crippen molar-refractivity contribution in [3.63, 3.8) is 0 Å². The zero-order valence-corrected chi connectivity index (χ0v) is 15.0. The molecule has 25 heavy (non-hydrogen) atoms. The molecule has 0 aliphatic carbocycles. The van der Waals surface area contributed by atoms with Crippen molar-refractivity contribution >= 4 is 27.5 Å². The van der Waals surface area contributed by atoms with Gasteiger partial charge in [0.1, 0.15) is 6.42 Å². The molecule has 6 nitrogen and oxygen atoms in total. The molecule has 124 valence electrons. The van der Waals surface area contributed by atoms with Gasteiger partial charge in [-0.05, 0) is 42.5 Å². The molecule has 0 atom stereocenters. The predicted octanol–water partition coefficient (Wildman–Crippen LogP) is 4.79. The molecule has 0 saturated carbocycles. The molecule has 0 fully saturated rings. The lowest BCUT2D eigenvalue weighted by atomic mass is 10.2. The standard InChI is InChI=1S/C17H10BrClN4O2/c18-12-3-1-2-11(8-12)17-22-21-15(24-17)9-14-20-16(23-25-14)10-4-6-13(19)7-5-10/h1-8H,9H2. The Morgan fingerprint density at radius 1 is 0.960 bits per heavy atom. The van der Waals surface area contributed by atoms with Crippen LogP contribution in [-0.4, -0.2) is 20.3 Å². The number of aromatic nitrogens is 4. The maximum Gasteiger partial charge on any atom is 0.247 e. The molecule has 0 amide bonds. The first-order chi connectivity index (χ1) is 12.2. The van der Waals surface area contributed by atoms with E-state index < -0.39 is 0 Å². The number of benzene rings is 2. The highest BCUT2D eigenvalue weighted by Gasteiger charge is 2.14. The summed E-state index contributed by atoms with van der Waals surface area (Å²) in [7, 11) is 0. The van der Waals surface area contributed by atoms with E-state index in [9.17, 15) is 0 Å². The minimum Gasteiger partial charge on any atom is -0.420 e. The van der Waals surface area contributed by atoms with Gasteiger partial charge in [-0.15, -0.1) is 10.2 Å². The van der Waals surface area contributed by atoms with Crippen LogP contribution in [0.5, 0.6) is 0 Å². The Bertz CT molecular complexity index is 1010. The molecule has 0 unspecified atom stereocenters. The van der Waals surface area contributed by atoms with Gasteiger partial charge in [-0.3, -0.25) is 0 Å². The monoisotopic (exact) mass is 416 g/mol.